The van der Waals surface area contributed by atoms with Gasteiger partial charge in [0, 0.05) is 11.5 Å². The average Bonchev–Trinajstić information content (AvgIpc) is 3.00. The normalized spacial score (nSPS) is 17.6. The summed E-state index contributed by atoms with van der Waals surface area (Å²) in [5.41, 5.74) is 0.111. The molecule has 1 aliphatic rings. The molecule has 1 aliphatic carbocycles. The predicted molar refractivity (Wildman–Crippen MR) is 76.5 cm³/mol. The van der Waals surface area contributed by atoms with Crippen molar-refractivity contribution in [1.82, 2.24) is 25.1 Å². The summed E-state index contributed by atoms with van der Waals surface area (Å²) in [5.74, 6) is 1.62. The summed E-state index contributed by atoms with van der Waals surface area (Å²) < 4.78 is 1.96. The Kier molecular flexibility index (Phi) is 3.30. The van der Waals surface area contributed by atoms with Crippen molar-refractivity contribution in [1.29, 1.82) is 0 Å². The Morgan fingerprint density at radius 3 is 2.68 bits per heavy atom. The van der Waals surface area contributed by atoms with Crippen LogP contribution in [0, 0.1) is 0 Å². The second kappa shape index (κ2) is 4.83. The molecule has 0 radical (unpaired) electrons. The van der Waals surface area contributed by atoms with Crippen LogP contribution in [0.5, 0.6) is 0 Å². The molecule has 104 valence electrons. The highest BCUT2D eigenvalue weighted by atomic mass is 32.1. The first-order valence-electron chi connectivity index (χ1n) is 6.99. The van der Waals surface area contributed by atoms with Crippen LogP contribution in [-0.2, 0) is 6.54 Å². The Morgan fingerprint density at radius 1 is 1.26 bits per heavy atom. The minimum atomic E-state index is 0.111. The maximum Gasteiger partial charge on any atom is 0.234 e. The van der Waals surface area contributed by atoms with Crippen molar-refractivity contribution in [3.8, 4) is 0 Å². The van der Waals surface area contributed by atoms with E-state index < -0.39 is 0 Å². The van der Waals surface area contributed by atoms with Gasteiger partial charge in [0.1, 0.15) is 5.01 Å². The molecule has 6 heteroatoms. The largest absolute Gasteiger partial charge is 0.306 e. The van der Waals surface area contributed by atoms with Gasteiger partial charge >= 0.3 is 0 Å². The number of nitrogens with zero attached hydrogens (tertiary/aromatic N) is 4. The van der Waals surface area contributed by atoms with Gasteiger partial charge < -0.3 is 5.32 Å². The lowest BCUT2D eigenvalue weighted by molar-refractivity contribution is 0.422. The summed E-state index contributed by atoms with van der Waals surface area (Å²) in [5, 5.41) is 17.8. The van der Waals surface area contributed by atoms with Crippen LogP contribution in [0.4, 0.5) is 0 Å². The van der Waals surface area contributed by atoms with E-state index in [4.69, 9.17) is 0 Å². The number of rotatable bonds is 3. The molecule has 2 aromatic rings. The first-order valence-corrected chi connectivity index (χ1v) is 7.81. The molecule has 1 fully saturated rings. The minimum absolute atomic E-state index is 0.111. The Bertz CT molecular complexity index is 559. The van der Waals surface area contributed by atoms with Gasteiger partial charge in [-0.1, -0.05) is 24.2 Å². The van der Waals surface area contributed by atoms with E-state index in [1.54, 1.807) is 11.3 Å². The van der Waals surface area contributed by atoms with Crippen LogP contribution in [0.1, 0.15) is 63.2 Å². The fourth-order valence-corrected chi connectivity index (χ4v) is 3.30. The second-order valence-corrected chi connectivity index (χ2v) is 7.37. The lowest BCUT2D eigenvalue weighted by Crippen LogP contribution is -2.35. The van der Waals surface area contributed by atoms with E-state index in [-0.39, 0.29) is 5.54 Å². The van der Waals surface area contributed by atoms with Crippen molar-refractivity contribution < 1.29 is 0 Å². The second-order valence-electron chi connectivity index (χ2n) is 6.33. The third-order valence-corrected chi connectivity index (χ3v) is 4.45. The summed E-state index contributed by atoms with van der Waals surface area (Å²) in [7, 11) is 0. The van der Waals surface area contributed by atoms with E-state index >= 15 is 0 Å². The van der Waals surface area contributed by atoms with Crippen LogP contribution in [-0.4, -0.2) is 25.4 Å². The SMILES string of the molecule is CC(C)(C)NCc1nn2c(C3CCCC3)nnc2s1. The Labute approximate surface area is 117 Å². The van der Waals surface area contributed by atoms with Crippen LogP contribution in [0.25, 0.3) is 4.96 Å². The molecule has 1 N–H and O–H groups in total. The van der Waals surface area contributed by atoms with E-state index in [0.717, 1.165) is 22.3 Å². The zero-order chi connectivity index (χ0) is 13.5. The van der Waals surface area contributed by atoms with E-state index in [1.165, 1.54) is 25.7 Å². The van der Waals surface area contributed by atoms with Gasteiger partial charge in [0.2, 0.25) is 4.96 Å². The van der Waals surface area contributed by atoms with Gasteiger partial charge in [-0.2, -0.15) is 9.61 Å². The minimum Gasteiger partial charge on any atom is -0.306 e. The van der Waals surface area contributed by atoms with Crippen LogP contribution in [0.3, 0.4) is 0 Å². The van der Waals surface area contributed by atoms with E-state index in [2.05, 4.69) is 41.4 Å². The first kappa shape index (κ1) is 13.0. The van der Waals surface area contributed by atoms with Crippen molar-refractivity contribution in [3.63, 3.8) is 0 Å². The maximum absolute atomic E-state index is 4.67. The molecular formula is C13H21N5S. The summed E-state index contributed by atoms with van der Waals surface area (Å²) in [6, 6.07) is 0. The summed E-state index contributed by atoms with van der Waals surface area (Å²) in [6.45, 7) is 7.29. The number of hydrogen-bond donors (Lipinski definition) is 1. The average molecular weight is 279 g/mol. The smallest absolute Gasteiger partial charge is 0.234 e. The van der Waals surface area contributed by atoms with Crippen LogP contribution in [0.15, 0.2) is 0 Å². The van der Waals surface area contributed by atoms with Crippen molar-refractivity contribution in [2.24, 2.45) is 0 Å². The molecular weight excluding hydrogens is 258 g/mol. The molecule has 5 nitrogen and oxygen atoms in total. The van der Waals surface area contributed by atoms with Gasteiger partial charge in [-0.25, -0.2) is 0 Å². The highest BCUT2D eigenvalue weighted by Gasteiger charge is 2.24. The van der Waals surface area contributed by atoms with E-state index in [0.29, 0.717) is 5.92 Å². The monoisotopic (exact) mass is 279 g/mol. The quantitative estimate of drug-likeness (QED) is 0.938. The fraction of sp³-hybridized carbons (Fsp3) is 0.769. The summed E-state index contributed by atoms with van der Waals surface area (Å²) in [4.78, 5) is 0.924. The highest BCUT2D eigenvalue weighted by molar-refractivity contribution is 7.16. The van der Waals surface area contributed by atoms with Gasteiger partial charge in [-0.3, -0.25) is 0 Å². The van der Waals surface area contributed by atoms with Crippen molar-refractivity contribution in [2.45, 2.75) is 64.5 Å². The third kappa shape index (κ3) is 2.79. The number of aromatic nitrogens is 4. The summed E-state index contributed by atoms with van der Waals surface area (Å²) in [6.07, 6.45) is 5.08. The molecule has 2 aromatic heterocycles. The Balaban J connectivity index is 1.81. The number of hydrogen-bond acceptors (Lipinski definition) is 5. The van der Waals surface area contributed by atoms with Gasteiger partial charge in [-0.05, 0) is 33.6 Å². The molecule has 0 saturated heterocycles. The molecule has 3 rings (SSSR count). The molecule has 0 bridgehead atoms. The van der Waals surface area contributed by atoms with Gasteiger partial charge in [-0.15, -0.1) is 10.2 Å². The van der Waals surface area contributed by atoms with Crippen molar-refractivity contribution in [2.75, 3.05) is 0 Å². The van der Waals surface area contributed by atoms with Crippen molar-refractivity contribution >= 4 is 16.3 Å². The fourth-order valence-electron chi connectivity index (χ4n) is 2.52. The van der Waals surface area contributed by atoms with Gasteiger partial charge in [0.05, 0.1) is 6.54 Å². The maximum atomic E-state index is 4.67. The Morgan fingerprint density at radius 2 is 2.00 bits per heavy atom. The molecule has 0 atom stereocenters. The van der Waals surface area contributed by atoms with Crippen LogP contribution in [0.2, 0.25) is 0 Å². The van der Waals surface area contributed by atoms with Crippen molar-refractivity contribution in [3.05, 3.63) is 10.8 Å². The van der Waals surface area contributed by atoms with E-state index in [1.807, 2.05) is 4.52 Å². The third-order valence-electron chi connectivity index (χ3n) is 3.55. The van der Waals surface area contributed by atoms with Gasteiger partial charge in [0.15, 0.2) is 5.82 Å². The topological polar surface area (TPSA) is 55.1 Å². The van der Waals surface area contributed by atoms with E-state index in [9.17, 15) is 0 Å². The molecule has 1 saturated carbocycles. The Hall–Kier alpha value is -1.01. The zero-order valence-electron chi connectivity index (χ0n) is 11.8. The summed E-state index contributed by atoms with van der Waals surface area (Å²) >= 11 is 1.63. The predicted octanol–water partition coefficient (Wildman–Crippen LogP) is 2.73. The number of nitrogens with one attached hydrogen (secondary N) is 1. The molecule has 0 aromatic carbocycles. The van der Waals surface area contributed by atoms with Gasteiger partial charge in [0.25, 0.3) is 0 Å². The lowest BCUT2D eigenvalue weighted by atomic mass is 10.1. The first-order chi connectivity index (χ1) is 9.03. The highest BCUT2D eigenvalue weighted by Crippen LogP contribution is 2.33. The lowest BCUT2D eigenvalue weighted by Gasteiger charge is -2.19. The van der Waals surface area contributed by atoms with Crippen LogP contribution < -0.4 is 5.32 Å². The molecule has 19 heavy (non-hydrogen) atoms. The molecule has 0 unspecified atom stereocenters. The standard InChI is InChI=1S/C13H21N5S/c1-13(2,3)14-8-10-17-18-11(9-6-4-5-7-9)15-16-12(18)19-10/h9,14H,4-8H2,1-3H3. The molecule has 0 aliphatic heterocycles. The molecule has 2 heterocycles. The zero-order valence-corrected chi connectivity index (χ0v) is 12.6. The molecule has 0 spiro atoms. The molecule has 0 amide bonds. The number of fused-ring (bicyclic) bond motifs is 1. The van der Waals surface area contributed by atoms with Crippen LogP contribution >= 0.6 is 11.3 Å².